The van der Waals surface area contributed by atoms with Crippen LogP contribution in [0.1, 0.15) is 19.8 Å². The predicted octanol–water partition coefficient (Wildman–Crippen LogP) is 1.09. The van der Waals surface area contributed by atoms with Gasteiger partial charge in [-0.3, -0.25) is 4.79 Å². The maximum Gasteiger partial charge on any atom is 0.250 e. The Balaban J connectivity index is 2.34. The lowest BCUT2D eigenvalue weighted by Gasteiger charge is -2.21. The highest BCUT2D eigenvalue weighted by molar-refractivity contribution is 5.33. The van der Waals surface area contributed by atoms with Crippen LogP contribution in [0.4, 0.5) is 5.69 Å². The molecule has 0 saturated heterocycles. The molecule has 0 fully saturated rings. The van der Waals surface area contributed by atoms with Crippen molar-refractivity contribution < 1.29 is 0 Å². The third-order valence-electron chi connectivity index (χ3n) is 3.41. The Hall–Kier alpha value is -1.33. The van der Waals surface area contributed by atoms with Crippen molar-refractivity contribution in [1.29, 1.82) is 0 Å². The second-order valence-electron chi connectivity index (χ2n) is 5.44. The van der Waals surface area contributed by atoms with E-state index in [1.807, 2.05) is 0 Å². The minimum atomic E-state index is 0.0230. The SMILES string of the molecule is CCN(CCCN(C)C)CCCn1cc(N)ccc1=O. The zero-order valence-corrected chi connectivity index (χ0v) is 13.0. The molecule has 0 bridgehead atoms. The number of nitrogens with two attached hydrogens (primary N) is 1. The van der Waals surface area contributed by atoms with Crippen molar-refractivity contribution >= 4 is 5.69 Å². The van der Waals surface area contributed by atoms with Gasteiger partial charge in [-0.05, 0) is 59.2 Å². The first-order valence-electron chi connectivity index (χ1n) is 7.36. The van der Waals surface area contributed by atoms with Gasteiger partial charge in [0.2, 0.25) is 0 Å². The highest BCUT2D eigenvalue weighted by atomic mass is 16.1. The molecule has 1 heterocycles. The Labute approximate surface area is 122 Å². The molecular formula is C15H28N4O. The zero-order valence-electron chi connectivity index (χ0n) is 13.0. The van der Waals surface area contributed by atoms with Crippen molar-refractivity contribution in [3.8, 4) is 0 Å². The fraction of sp³-hybridized carbons (Fsp3) is 0.667. The molecule has 0 saturated carbocycles. The molecule has 0 radical (unpaired) electrons. The molecule has 0 spiro atoms. The van der Waals surface area contributed by atoms with Crippen molar-refractivity contribution in [3.63, 3.8) is 0 Å². The number of nitrogens with zero attached hydrogens (tertiary/aromatic N) is 3. The molecule has 114 valence electrons. The molecule has 0 unspecified atom stereocenters. The third-order valence-corrected chi connectivity index (χ3v) is 3.41. The molecule has 2 N–H and O–H groups in total. The van der Waals surface area contributed by atoms with Crippen molar-refractivity contribution in [2.24, 2.45) is 0 Å². The van der Waals surface area contributed by atoms with Gasteiger partial charge in [0.1, 0.15) is 0 Å². The maximum absolute atomic E-state index is 11.7. The average molecular weight is 280 g/mol. The molecule has 1 aromatic heterocycles. The minimum absolute atomic E-state index is 0.0230. The van der Waals surface area contributed by atoms with Crippen molar-refractivity contribution in [3.05, 3.63) is 28.7 Å². The third kappa shape index (κ3) is 6.21. The van der Waals surface area contributed by atoms with E-state index < -0.39 is 0 Å². The van der Waals surface area contributed by atoms with E-state index in [-0.39, 0.29) is 5.56 Å². The second-order valence-corrected chi connectivity index (χ2v) is 5.44. The second kappa shape index (κ2) is 8.76. The standard InChI is InChI=1S/C15H28N4O/c1-4-18(10-5-9-17(2)3)11-6-12-19-13-14(16)7-8-15(19)20/h7-8,13H,4-6,9-12,16H2,1-3H3. The van der Waals surface area contributed by atoms with Gasteiger partial charge in [-0.2, -0.15) is 0 Å². The summed E-state index contributed by atoms with van der Waals surface area (Å²) in [5.74, 6) is 0. The summed E-state index contributed by atoms with van der Waals surface area (Å²) in [5.41, 5.74) is 6.37. The molecule has 0 aliphatic heterocycles. The molecule has 5 nitrogen and oxygen atoms in total. The lowest BCUT2D eigenvalue weighted by Crippen LogP contribution is -2.29. The highest BCUT2D eigenvalue weighted by Gasteiger charge is 2.03. The fourth-order valence-electron chi connectivity index (χ4n) is 2.23. The summed E-state index contributed by atoms with van der Waals surface area (Å²) in [6, 6.07) is 3.18. The van der Waals surface area contributed by atoms with Crippen LogP contribution in [0, 0.1) is 0 Å². The first-order chi connectivity index (χ1) is 9.52. The van der Waals surface area contributed by atoms with E-state index in [1.165, 1.54) is 12.5 Å². The van der Waals surface area contributed by atoms with Gasteiger partial charge < -0.3 is 20.1 Å². The number of pyridine rings is 1. The van der Waals surface area contributed by atoms with Gasteiger partial charge in [-0.1, -0.05) is 6.92 Å². The van der Waals surface area contributed by atoms with E-state index in [1.54, 1.807) is 16.8 Å². The van der Waals surface area contributed by atoms with Crippen molar-refractivity contribution in [2.45, 2.75) is 26.3 Å². The molecular weight excluding hydrogens is 252 g/mol. The number of anilines is 1. The summed E-state index contributed by atoms with van der Waals surface area (Å²) < 4.78 is 1.70. The summed E-state index contributed by atoms with van der Waals surface area (Å²) in [7, 11) is 4.20. The van der Waals surface area contributed by atoms with Crippen LogP contribution in [0.15, 0.2) is 23.1 Å². The molecule has 5 heteroatoms. The van der Waals surface area contributed by atoms with E-state index in [2.05, 4.69) is 30.8 Å². The Morgan fingerprint density at radius 2 is 1.85 bits per heavy atom. The molecule has 0 aliphatic carbocycles. The van der Waals surface area contributed by atoms with Gasteiger partial charge in [-0.15, -0.1) is 0 Å². The van der Waals surface area contributed by atoms with Crippen molar-refractivity contribution in [1.82, 2.24) is 14.4 Å². The van der Waals surface area contributed by atoms with E-state index in [4.69, 9.17) is 5.73 Å². The number of hydrogen-bond acceptors (Lipinski definition) is 4. The van der Waals surface area contributed by atoms with Crippen LogP contribution in [0.25, 0.3) is 0 Å². The lowest BCUT2D eigenvalue weighted by atomic mass is 10.3. The summed E-state index contributed by atoms with van der Waals surface area (Å²) in [6.45, 7) is 7.21. The Morgan fingerprint density at radius 1 is 1.15 bits per heavy atom. The Morgan fingerprint density at radius 3 is 2.50 bits per heavy atom. The number of aromatic nitrogens is 1. The molecule has 1 rings (SSSR count). The normalized spacial score (nSPS) is 11.4. The molecule has 0 atom stereocenters. The van der Waals surface area contributed by atoms with Crippen LogP contribution >= 0.6 is 0 Å². The number of rotatable bonds is 9. The smallest absolute Gasteiger partial charge is 0.250 e. The topological polar surface area (TPSA) is 54.5 Å². The van der Waals surface area contributed by atoms with Gasteiger partial charge in [0, 0.05) is 24.5 Å². The lowest BCUT2D eigenvalue weighted by molar-refractivity contribution is 0.259. The molecule has 1 aromatic rings. The van der Waals surface area contributed by atoms with E-state index in [0.717, 1.165) is 39.1 Å². The summed E-state index contributed by atoms with van der Waals surface area (Å²) in [6.07, 6.45) is 3.88. The van der Waals surface area contributed by atoms with Crippen LogP contribution in [-0.2, 0) is 6.54 Å². The van der Waals surface area contributed by atoms with Crippen LogP contribution in [-0.4, -0.2) is 54.6 Å². The first-order valence-corrected chi connectivity index (χ1v) is 7.36. The number of nitrogen functional groups attached to an aromatic ring is 1. The van der Waals surface area contributed by atoms with E-state index in [9.17, 15) is 4.79 Å². The predicted molar refractivity (Wildman–Crippen MR) is 85.0 cm³/mol. The van der Waals surface area contributed by atoms with Gasteiger partial charge in [0.05, 0.1) is 0 Å². The largest absolute Gasteiger partial charge is 0.398 e. The van der Waals surface area contributed by atoms with Crippen LogP contribution in [0.5, 0.6) is 0 Å². The fourth-order valence-corrected chi connectivity index (χ4v) is 2.23. The molecule has 0 amide bonds. The van der Waals surface area contributed by atoms with E-state index in [0.29, 0.717) is 5.69 Å². The Bertz CT molecular complexity index is 442. The summed E-state index contributed by atoms with van der Waals surface area (Å²) in [5, 5.41) is 0. The number of aryl methyl sites for hydroxylation is 1. The average Bonchev–Trinajstić information content (AvgIpc) is 2.40. The molecule has 0 aromatic carbocycles. The van der Waals surface area contributed by atoms with Crippen LogP contribution in [0.3, 0.4) is 0 Å². The van der Waals surface area contributed by atoms with Gasteiger partial charge in [-0.25, -0.2) is 0 Å². The zero-order chi connectivity index (χ0) is 15.0. The summed E-state index contributed by atoms with van der Waals surface area (Å²) >= 11 is 0. The molecule has 0 aliphatic rings. The van der Waals surface area contributed by atoms with E-state index >= 15 is 0 Å². The summed E-state index contributed by atoms with van der Waals surface area (Å²) in [4.78, 5) is 16.3. The van der Waals surface area contributed by atoms with Crippen molar-refractivity contribution in [2.75, 3.05) is 46.0 Å². The Kier molecular flexibility index (Phi) is 7.33. The van der Waals surface area contributed by atoms with Gasteiger partial charge in [0.25, 0.3) is 5.56 Å². The quantitative estimate of drug-likeness (QED) is 0.736. The number of hydrogen-bond donors (Lipinski definition) is 1. The van der Waals surface area contributed by atoms with Crippen LogP contribution < -0.4 is 11.3 Å². The monoisotopic (exact) mass is 280 g/mol. The highest BCUT2D eigenvalue weighted by Crippen LogP contribution is 1.99. The van der Waals surface area contributed by atoms with Gasteiger partial charge in [0.15, 0.2) is 0 Å². The maximum atomic E-state index is 11.7. The molecule has 20 heavy (non-hydrogen) atoms. The minimum Gasteiger partial charge on any atom is -0.398 e. The van der Waals surface area contributed by atoms with Crippen LogP contribution in [0.2, 0.25) is 0 Å². The van der Waals surface area contributed by atoms with Gasteiger partial charge >= 0.3 is 0 Å². The first kappa shape index (κ1) is 16.7.